The molecule has 1 amide bonds. The second-order valence-electron chi connectivity index (χ2n) is 4.62. The first-order valence-corrected chi connectivity index (χ1v) is 7.29. The Morgan fingerprint density at radius 1 is 1.40 bits per heavy atom. The van der Waals surface area contributed by atoms with Crippen molar-refractivity contribution in [3.05, 3.63) is 10.4 Å². The number of carbonyl (C=O) groups excluding carboxylic acids is 2. The zero-order valence-electron chi connectivity index (χ0n) is 12.2. The Morgan fingerprint density at radius 3 is 2.55 bits per heavy atom. The third-order valence-corrected chi connectivity index (χ3v) is 3.69. The van der Waals surface area contributed by atoms with Gasteiger partial charge in [-0.2, -0.15) is 0 Å². The van der Waals surface area contributed by atoms with Gasteiger partial charge in [-0.25, -0.2) is 4.79 Å². The lowest BCUT2D eigenvalue weighted by Crippen LogP contribution is -2.18. The largest absolute Gasteiger partial charge is 0.462 e. The predicted octanol–water partition coefficient (Wildman–Crippen LogP) is 1.93. The second kappa shape index (κ2) is 7.14. The third kappa shape index (κ3) is 3.63. The topological polar surface area (TPSA) is 93.4 Å². The highest BCUT2D eigenvalue weighted by Crippen LogP contribution is 2.36. The van der Waals surface area contributed by atoms with Gasteiger partial charge in [0.25, 0.3) is 5.91 Å². The highest BCUT2D eigenvalue weighted by atomic mass is 32.1. The van der Waals surface area contributed by atoms with E-state index in [1.165, 1.54) is 18.4 Å². The van der Waals surface area contributed by atoms with Gasteiger partial charge in [0.05, 0.1) is 12.3 Å². The van der Waals surface area contributed by atoms with Crippen molar-refractivity contribution >= 4 is 33.9 Å². The molecule has 0 fully saturated rings. The molecule has 1 aromatic heterocycles. The average Bonchev–Trinajstić information content (AvgIpc) is 2.72. The van der Waals surface area contributed by atoms with Crippen LogP contribution < -0.4 is 16.4 Å². The van der Waals surface area contributed by atoms with Gasteiger partial charge in [-0.15, -0.1) is 11.3 Å². The molecule has 4 N–H and O–H groups in total. The Kier molecular flexibility index (Phi) is 5.82. The first-order chi connectivity index (χ1) is 9.42. The summed E-state index contributed by atoms with van der Waals surface area (Å²) < 4.78 is 5.00. The quantitative estimate of drug-likeness (QED) is 0.698. The van der Waals surface area contributed by atoms with Crippen molar-refractivity contribution in [3.8, 4) is 0 Å². The fourth-order valence-electron chi connectivity index (χ4n) is 1.55. The van der Waals surface area contributed by atoms with E-state index in [9.17, 15) is 9.59 Å². The number of nitrogen functional groups attached to an aromatic ring is 1. The number of carbonyl (C=O) groups is 2. The van der Waals surface area contributed by atoms with Crippen molar-refractivity contribution in [3.63, 3.8) is 0 Å². The lowest BCUT2D eigenvalue weighted by atomic mass is 10.2. The summed E-state index contributed by atoms with van der Waals surface area (Å²) >= 11 is 1.17. The van der Waals surface area contributed by atoms with Gasteiger partial charge < -0.3 is 21.1 Å². The number of nitrogens with one attached hydrogen (secondary N) is 2. The molecule has 0 bridgehead atoms. The lowest BCUT2D eigenvalue weighted by molar-refractivity contribution is 0.0529. The fourth-order valence-corrected chi connectivity index (χ4v) is 2.62. The van der Waals surface area contributed by atoms with Crippen LogP contribution in [0.4, 0.5) is 10.7 Å². The van der Waals surface area contributed by atoms with Crippen molar-refractivity contribution in [2.75, 3.05) is 31.2 Å². The molecule has 0 unspecified atom stereocenters. The van der Waals surface area contributed by atoms with Crippen LogP contribution in [0.5, 0.6) is 0 Å². The molecule has 0 spiro atoms. The lowest BCUT2D eigenvalue weighted by Gasteiger charge is -2.09. The minimum Gasteiger partial charge on any atom is -0.462 e. The number of hydrogen-bond donors (Lipinski definition) is 3. The van der Waals surface area contributed by atoms with Crippen LogP contribution >= 0.6 is 11.3 Å². The van der Waals surface area contributed by atoms with E-state index in [2.05, 4.69) is 10.6 Å². The minimum absolute atomic E-state index is 0.166. The predicted molar refractivity (Wildman–Crippen MR) is 81.4 cm³/mol. The number of amides is 1. The summed E-state index contributed by atoms with van der Waals surface area (Å²) in [5.74, 6) is -0.421. The van der Waals surface area contributed by atoms with E-state index >= 15 is 0 Å². The van der Waals surface area contributed by atoms with E-state index in [0.717, 1.165) is 0 Å². The Morgan fingerprint density at radius 2 is 2.05 bits per heavy atom. The molecule has 6 nitrogen and oxygen atoms in total. The zero-order chi connectivity index (χ0) is 15.3. The summed E-state index contributed by atoms with van der Waals surface area (Å²) in [5, 5.41) is 6.24. The summed E-state index contributed by atoms with van der Waals surface area (Å²) in [7, 11) is 1.52. The Bertz CT molecular complexity index is 497. The first kappa shape index (κ1) is 16.3. The van der Waals surface area contributed by atoms with Crippen LogP contribution in [0.15, 0.2) is 0 Å². The smallest absolute Gasteiger partial charge is 0.343 e. The van der Waals surface area contributed by atoms with Crippen LogP contribution in [0, 0.1) is 5.92 Å². The number of hydrogen-bond acceptors (Lipinski definition) is 6. The fraction of sp³-hybridized carbons (Fsp3) is 0.538. The van der Waals surface area contributed by atoms with E-state index in [4.69, 9.17) is 10.5 Å². The van der Waals surface area contributed by atoms with E-state index in [0.29, 0.717) is 22.3 Å². The van der Waals surface area contributed by atoms with E-state index in [1.807, 2.05) is 13.8 Å². The maximum Gasteiger partial charge on any atom is 0.343 e. The Labute approximate surface area is 122 Å². The summed E-state index contributed by atoms with van der Waals surface area (Å²) in [5.41, 5.74) is 6.34. The molecule has 1 heterocycles. The molecule has 20 heavy (non-hydrogen) atoms. The highest BCUT2D eigenvalue weighted by Gasteiger charge is 2.26. The van der Waals surface area contributed by atoms with E-state index < -0.39 is 5.97 Å². The standard InChI is InChI=1S/C13H21N3O3S/c1-5-19-13(18)8-9(14)10(11(17)15-4)20-12(8)16-6-7(2)3/h7,16H,5-6,14H2,1-4H3,(H,15,17). The molecule has 0 aliphatic carbocycles. The molecule has 0 radical (unpaired) electrons. The van der Waals surface area contributed by atoms with Gasteiger partial charge in [0.1, 0.15) is 15.4 Å². The van der Waals surface area contributed by atoms with Gasteiger partial charge >= 0.3 is 5.97 Å². The van der Waals surface area contributed by atoms with Crippen LogP contribution in [0.3, 0.4) is 0 Å². The molecule has 0 saturated carbocycles. The van der Waals surface area contributed by atoms with Crippen molar-refractivity contribution in [2.24, 2.45) is 5.92 Å². The van der Waals surface area contributed by atoms with Gasteiger partial charge in [-0.05, 0) is 12.8 Å². The van der Waals surface area contributed by atoms with Gasteiger partial charge in [0, 0.05) is 13.6 Å². The molecule has 0 aliphatic rings. The summed E-state index contributed by atoms with van der Waals surface area (Å²) in [4.78, 5) is 24.1. The maximum absolute atomic E-state index is 12.0. The molecular formula is C13H21N3O3S. The molecule has 0 aliphatic heterocycles. The number of nitrogens with two attached hydrogens (primary N) is 1. The summed E-state index contributed by atoms with van der Waals surface area (Å²) in [6.45, 7) is 6.76. The third-order valence-electron chi connectivity index (χ3n) is 2.53. The number of ether oxygens (including phenoxy) is 1. The molecule has 0 atom stereocenters. The second-order valence-corrected chi connectivity index (χ2v) is 5.64. The molecule has 0 saturated heterocycles. The van der Waals surface area contributed by atoms with Gasteiger partial charge in [-0.1, -0.05) is 13.8 Å². The molecule has 1 rings (SSSR count). The summed E-state index contributed by atoms with van der Waals surface area (Å²) in [6.07, 6.45) is 0. The van der Waals surface area contributed by atoms with Crippen LogP contribution in [0.25, 0.3) is 0 Å². The van der Waals surface area contributed by atoms with Crippen molar-refractivity contribution in [1.82, 2.24) is 5.32 Å². The molecule has 1 aromatic rings. The molecule has 0 aromatic carbocycles. The normalized spacial score (nSPS) is 10.4. The maximum atomic E-state index is 12.0. The summed E-state index contributed by atoms with van der Waals surface area (Å²) in [6, 6.07) is 0. The number of esters is 1. The van der Waals surface area contributed by atoms with Gasteiger partial charge in [-0.3, -0.25) is 4.79 Å². The average molecular weight is 299 g/mol. The SMILES string of the molecule is CCOC(=O)c1c(NCC(C)C)sc(C(=O)NC)c1N. The van der Waals surface area contributed by atoms with Gasteiger partial charge in [0.15, 0.2) is 0 Å². The van der Waals surface area contributed by atoms with E-state index in [1.54, 1.807) is 6.92 Å². The van der Waals surface area contributed by atoms with Crippen molar-refractivity contribution < 1.29 is 14.3 Å². The van der Waals surface area contributed by atoms with Crippen LogP contribution in [0.2, 0.25) is 0 Å². The molecular weight excluding hydrogens is 278 g/mol. The van der Waals surface area contributed by atoms with Crippen molar-refractivity contribution in [1.29, 1.82) is 0 Å². The van der Waals surface area contributed by atoms with Crippen molar-refractivity contribution in [2.45, 2.75) is 20.8 Å². The number of thiophene rings is 1. The highest BCUT2D eigenvalue weighted by molar-refractivity contribution is 7.19. The number of rotatable bonds is 6. The zero-order valence-corrected chi connectivity index (χ0v) is 13.0. The van der Waals surface area contributed by atoms with Gasteiger partial charge in [0.2, 0.25) is 0 Å². The Balaban J connectivity index is 3.18. The minimum atomic E-state index is -0.511. The van der Waals surface area contributed by atoms with Crippen LogP contribution in [0.1, 0.15) is 40.8 Å². The first-order valence-electron chi connectivity index (χ1n) is 6.47. The molecule has 7 heteroatoms. The monoisotopic (exact) mass is 299 g/mol. The Hall–Kier alpha value is -1.76. The molecule has 112 valence electrons. The van der Waals surface area contributed by atoms with Crippen LogP contribution in [-0.2, 0) is 4.74 Å². The van der Waals surface area contributed by atoms with Crippen LogP contribution in [-0.4, -0.2) is 32.1 Å². The number of anilines is 2. The van der Waals surface area contributed by atoms with E-state index in [-0.39, 0.29) is 23.8 Å².